The van der Waals surface area contributed by atoms with E-state index in [-0.39, 0.29) is 5.97 Å². The Hall–Kier alpha value is -0.520. The van der Waals surface area contributed by atoms with Gasteiger partial charge in [0.25, 0.3) is 0 Å². The molecule has 0 bridgehead atoms. The van der Waals surface area contributed by atoms with Gasteiger partial charge in [0.15, 0.2) is 0 Å². The summed E-state index contributed by atoms with van der Waals surface area (Å²) in [5, 5.41) is 3.27. The molecule has 0 fully saturated rings. The molecule has 0 saturated heterocycles. The second-order valence-corrected chi connectivity index (χ2v) is 6.46. The van der Waals surface area contributed by atoms with E-state index < -0.39 is 5.54 Å². The molecule has 1 N–H and O–H groups in total. The van der Waals surface area contributed by atoms with Crippen molar-refractivity contribution in [2.75, 3.05) is 19.4 Å². The van der Waals surface area contributed by atoms with Crippen LogP contribution in [-0.2, 0) is 9.53 Å². The zero-order valence-corrected chi connectivity index (χ0v) is 13.9. The van der Waals surface area contributed by atoms with E-state index in [0.29, 0.717) is 5.75 Å². The molecule has 0 radical (unpaired) electrons. The molecule has 1 aromatic rings. The highest BCUT2D eigenvalue weighted by atomic mass is 79.9. The Balaban J connectivity index is 2.70. The zero-order chi connectivity index (χ0) is 14.3. The van der Waals surface area contributed by atoms with Gasteiger partial charge in [-0.05, 0) is 38.1 Å². The number of ether oxygens (including phenoxy) is 1. The van der Waals surface area contributed by atoms with Gasteiger partial charge in [0.2, 0.25) is 0 Å². The number of hydrogen-bond donors (Lipinski definition) is 1. The van der Waals surface area contributed by atoms with Crippen LogP contribution in [0.1, 0.15) is 20.3 Å². The zero-order valence-electron chi connectivity index (χ0n) is 11.5. The molecule has 0 aliphatic heterocycles. The minimum atomic E-state index is -0.655. The predicted octanol–water partition coefficient (Wildman–Crippen LogP) is 3.47. The molecule has 0 heterocycles. The Morgan fingerprint density at radius 3 is 2.84 bits per heavy atom. The number of thioether (sulfide) groups is 1. The Morgan fingerprint density at radius 1 is 1.53 bits per heavy atom. The molecular formula is C14H20BrNO2S. The molecule has 5 heteroatoms. The van der Waals surface area contributed by atoms with Gasteiger partial charge in [-0.25, -0.2) is 0 Å². The number of esters is 1. The van der Waals surface area contributed by atoms with Crippen LogP contribution in [0, 0.1) is 0 Å². The van der Waals surface area contributed by atoms with E-state index in [4.69, 9.17) is 4.74 Å². The van der Waals surface area contributed by atoms with Crippen molar-refractivity contribution >= 4 is 33.7 Å². The van der Waals surface area contributed by atoms with Crippen molar-refractivity contribution in [1.82, 2.24) is 5.32 Å². The summed E-state index contributed by atoms with van der Waals surface area (Å²) in [4.78, 5) is 13.0. The molecule has 0 amide bonds. The maximum Gasteiger partial charge on any atom is 0.326 e. The Bertz CT molecular complexity index is 428. The van der Waals surface area contributed by atoms with Gasteiger partial charge < -0.3 is 10.1 Å². The second-order valence-electron chi connectivity index (χ2n) is 4.50. The van der Waals surface area contributed by atoms with Crippen molar-refractivity contribution in [3.05, 3.63) is 28.7 Å². The molecule has 0 aliphatic carbocycles. The van der Waals surface area contributed by atoms with E-state index in [1.807, 2.05) is 31.2 Å². The van der Waals surface area contributed by atoms with Crippen LogP contribution in [0.25, 0.3) is 0 Å². The molecule has 1 rings (SSSR count). The fraction of sp³-hybridized carbons (Fsp3) is 0.500. The third-order valence-electron chi connectivity index (χ3n) is 2.72. The van der Waals surface area contributed by atoms with E-state index in [1.165, 1.54) is 7.11 Å². The molecule has 3 nitrogen and oxygen atoms in total. The molecule has 0 aliphatic rings. The first-order chi connectivity index (χ1) is 9.01. The maximum absolute atomic E-state index is 11.9. The van der Waals surface area contributed by atoms with Crippen molar-refractivity contribution in [3.8, 4) is 0 Å². The van der Waals surface area contributed by atoms with Crippen molar-refractivity contribution in [2.45, 2.75) is 30.7 Å². The molecule has 1 unspecified atom stereocenters. The summed E-state index contributed by atoms with van der Waals surface area (Å²) in [6.45, 7) is 4.76. The van der Waals surface area contributed by atoms with Gasteiger partial charge in [0, 0.05) is 15.1 Å². The maximum atomic E-state index is 11.9. The van der Waals surface area contributed by atoms with E-state index in [1.54, 1.807) is 11.8 Å². The highest BCUT2D eigenvalue weighted by Crippen LogP contribution is 2.26. The normalized spacial score (nSPS) is 13.9. The smallest absolute Gasteiger partial charge is 0.326 e. The fourth-order valence-corrected chi connectivity index (χ4v) is 3.20. The summed E-state index contributed by atoms with van der Waals surface area (Å²) in [6, 6.07) is 8.05. The summed E-state index contributed by atoms with van der Waals surface area (Å²) < 4.78 is 5.94. The number of benzene rings is 1. The lowest BCUT2D eigenvalue weighted by molar-refractivity contribution is -0.146. The van der Waals surface area contributed by atoms with E-state index in [9.17, 15) is 4.79 Å². The standard InChI is InChI=1S/C14H20BrNO2S/c1-4-8-16-14(2,13(17)18-3)10-19-12-7-5-6-11(15)9-12/h5-7,9,16H,4,8,10H2,1-3H3. The number of nitrogens with one attached hydrogen (secondary N) is 1. The largest absolute Gasteiger partial charge is 0.468 e. The third-order valence-corrected chi connectivity index (χ3v) is 4.53. The average Bonchev–Trinajstić information content (AvgIpc) is 2.42. The van der Waals surface area contributed by atoms with Crippen molar-refractivity contribution in [2.24, 2.45) is 0 Å². The highest BCUT2D eigenvalue weighted by molar-refractivity contribution is 9.10. The lowest BCUT2D eigenvalue weighted by Gasteiger charge is -2.27. The Morgan fingerprint density at radius 2 is 2.26 bits per heavy atom. The monoisotopic (exact) mass is 345 g/mol. The van der Waals surface area contributed by atoms with Gasteiger partial charge in [0.1, 0.15) is 5.54 Å². The number of carbonyl (C=O) groups is 1. The Kier molecular flexibility index (Phi) is 6.89. The minimum Gasteiger partial charge on any atom is -0.468 e. The predicted molar refractivity (Wildman–Crippen MR) is 83.6 cm³/mol. The minimum absolute atomic E-state index is 0.219. The molecule has 1 atom stereocenters. The molecule has 19 heavy (non-hydrogen) atoms. The van der Waals surface area contributed by atoms with Crippen LogP contribution in [0.5, 0.6) is 0 Å². The first-order valence-electron chi connectivity index (χ1n) is 6.23. The van der Waals surface area contributed by atoms with Gasteiger partial charge >= 0.3 is 5.97 Å². The lowest BCUT2D eigenvalue weighted by Crippen LogP contribution is -2.52. The average molecular weight is 346 g/mol. The van der Waals surface area contributed by atoms with Crippen LogP contribution in [0.2, 0.25) is 0 Å². The van der Waals surface area contributed by atoms with Crippen LogP contribution in [-0.4, -0.2) is 30.9 Å². The second kappa shape index (κ2) is 7.92. The highest BCUT2D eigenvalue weighted by Gasteiger charge is 2.33. The van der Waals surface area contributed by atoms with Crippen LogP contribution < -0.4 is 5.32 Å². The SMILES string of the molecule is CCCNC(C)(CSc1cccc(Br)c1)C(=O)OC. The van der Waals surface area contributed by atoms with Gasteiger partial charge in [-0.15, -0.1) is 11.8 Å². The molecular weight excluding hydrogens is 326 g/mol. The van der Waals surface area contributed by atoms with Crippen LogP contribution in [0.15, 0.2) is 33.6 Å². The summed E-state index contributed by atoms with van der Waals surface area (Å²) in [5.74, 6) is 0.416. The first kappa shape index (κ1) is 16.5. The van der Waals surface area contributed by atoms with E-state index in [2.05, 4.69) is 28.2 Å². The molecule has 0 spiro atoms. The summed E-state index contributed by atoms with van der Waals surface area (Å²) in [7, 11) is 1.43. The Labute approximate surface area is 127 Å². The van der Waals surface area contributed by atoms with Gasteiger partial charge in [-0.2, -0.15) is 0 Å². The van der Waals surface area contributed by atoms with Gasteiger partial charge in [-0.3, -0.25) is 4.79 Å². The number of halogens is 1. The van der Waals surface area contributed by atoms with Gasteiger partial charge in [0.05, 0.1) is 7.11 Å². The number of hydrogen-bond acceptors (Lipinski definition) is 4. The van der Waals surface area contributed by atoms with Crippen LogP contribution >= 0.6 is 27.7 Å². The molecule has 1 aromatic carbocycles. The van der Waals surface area contributed by atoms with Crippen molar-refractivity contribution in [1.29, 1.82) is 0 Å². The van der Waals surface area contributed by atoms with E-state index in [0.717, 1.165) is 22.3 Å². The fourth-order valence-electron chi connectivity index (χ4n) is 1.59. The van der Waals surface area contributed by atoms with Crippen molar-refractivity contribution < 1.29 is 9.53 Å². The number of methoxy groups -OCH3 is 1. The molecule has 0 saturated carbocycles. The summed E-state index contributed by atoms with van der Waals surface area (Å²) >= 11 is 5.09. The summed E-state index contributed by atoms with van der Waals surface area (Å²) in [6.07, 6.45) is 0.980. The quantitative estimate of drug-likeness (QED) is 0.606. The lowest BCUT2D eigenvalue weighted by atomic mass is 10.1. The topological polar surface area (TPSA) is 38.3 Å². The van der Waals surface area contributed by atoms with Crippen LogP contribution in [0.3, 0.4) is 0 Å². The molecule has 106 valence electrons. The summed E-state index contributed by atoms with van der Waals surface area (Å²) in [5.41, 5.74) is -0.655. The van der Waals surface area contributed by atoms with Crippen molar-refractivity contribution in [3.63, 3.8) is 0 Å². The van der Waals surface area contributed by atoms with E-state index >= 15 is 0 Å². The number of rotatable bonds is 7. The van der Waals surface area contributed by atoms with Crippen LogP contribution in [0.4, 0.5) is 0 Å². The number of carbonyl (C=O) groups excluding carboxylic acids is 1. The van der Waals surface area contributed by atoms with Gasteiger partial charge in [-0.1, -0.05) is 28.9 Å². The molecule has 0 aromatic heterocycles. The third kappa shape index (κ3) is 5.16. The first-order valence-corrected chi connectivity index (χ1v) is 8.01.